The lowest BCUT2D eigenvalue weighted by atomic mass is 9.76. The van der Waals surface area contributed by atoms with Crippen LogP contribution in [0.1, 0.15) is 91.5 Å². The number of hydrogen-bond acceptors (Lipinski definition) is 3. The number of ether oxygens (including phenoxy) is 2. The summed E-state index contributed by atoms with van der Waals surface area (Å²) in [5.74, 6) is 2.58. The number of quaternary nitrogens is 1. The van der Waals surface area contributed by atoms with Crippen molar-refractivity contribution in [2.45, 2.75) is 91.6 Å². The highest BCUT2D eigenvalue weighted by atomic mass is 16.5. The van der Waals surface area contributed by atoms with E-state index in [2.05, 4.69) is 64.4 Å². The van der Waals surface area contributed by atoms with Crippen molar-refractivity contribution in [3.05, 3.63) is 78.5 Å². The van der Waals surface area contributed by atoms with Crippen LogP contribution in [0.15, 0.2) is 77.9 Å². The fourth-order valence-corrected chi connectivity index (χ4v) is 4.98. The van der Waals surface area contributed by atoms with Gasteiger partial charge in [0.2, 0.25) is 0 Å². The van der Waals surface area contributed by atoms with Gasteiger partial charge in [-0.05, 0) is 56.4 Å². The van der Waals surface area contributed by atoms with Gasteiger partial charge in [0, 0.05) is 12.6 Å². The fraction of sp³-hybridized carbons (Fsp3) is 0.571. The molecule has 1 atom stereocenters. The van der Waals surface area contributed by atoms with Crippen LogP contribution in [0.5, 0.6) is 5.75 Å². The average molecular weight is 538 g/mol. The summed E-state index contributed by atoms with van der Waals surface area (Å²) in [5, 5.41) is 0. The van der Waals surface area contributed by atoms with Crippen molar-refractivity contribution in [3.63, 3.8) is 0 Å². The standard InChI is InChI=1S/C31H45N2O2.2C2H6/c1-31(2,35-28-20-13-8-14-21-28)22-25-33(3,4)24-15-23-32-30(34-5)29(26-16-9-6-10-17-26)27-18-11-7-12-19-27;2*1-2/h6,8-10,13-17,20-21,23,27,29H,7,11-12,18-19,22,24-25H2,1-5H3;2*1-2H3/q+1;;/b23-15+,32-30?;;. The third kappa shape index (κ3) is 12.9. The Balaban J connectivity index is 0.00000181. The van der Waals surface area contributed by atoms with Gasteiger partial charge in [-0.25, -0.2) is 4.99 Å². The minimum Gasteiger partial charge on any atom is -0.488 e. The number of rotatable bonds is 11. The Morgan fingerprint density at radius 3 is 2.05 bits per heavy atom. The third-order valence-electron chi connectivity index (χ3n) is 7.12. The van der Waals surface area contributed by atoms with Crippen LogP contribution >= 0.6 is 0 Å². The van der Waals surface area contributed by atoms with Crippen LogP contribution in [0.4, 0.5) is 0 Å². The van der Waals surface area contributed by atoms with E-state index in [4.69, 9.17) is 14.5 Å². The highest BCUT2D eigenvalue weighted by molar-refractivity contribution is 5.84. The minimum atomic E-state index is -0.217. The molecule has 2 aromatic carbocycles. The van der Waals surface area contributed by atoms with Crippen molar-refractivity contribution in [1.29, 1.82) is 0 Å². The summed E-state index contributed by atoms with van der Waals surface area (Å²) in [6, 6.07) is 20.8. The highest BCUT2D eigenvalue weighted by Crippen LogP contribution is 2.37. The van der Waals surface area contributed by atoms with E-state index < -0.39 is 0 Å². The number of methoxy groups -OCH3 is 1. The molecule has 218 valence electrons. The molecule has 0 bridgehead atoms. The van der Waals surface area contributed by atoms with Crippen molar-refractivity contribution in [3.8, 4) is 5.75 Å². The molecule has 2 aromatic rings. The van der Waals surface area contributed by atoms with Gasteiger partial charge in [0.25, 0.3) is 0 Å². The van der Waals surface area contributed by atoms with Crippen LogP contribution < -0.4 is 4.74 Å². The van der Waals surface area contributed by atoms with Gasteiger partial charge in [0.15, 0.2) is 5.90 Å². The number of hydrogen-bond donors (Lipinski definition) is 0. The zero-order valence-corrected chi connectivity index (χ0v) is 26.5. The number of benzene rings is 2. The largest absolute Gasteiger partial charge is 0.488 e. The molecule has 3 rings (SSSR count). The van der Waals surface area contributed by atoms with E-state index >= 15 is 0 Å². The molecular weight excluding hydrogens is 480 g/mol. The molecule has 1 aliphatic rings. The third-order valence-corrected chi connectivity index (χ3v) is 7.12. The summed E-state index contributed by atoms with van der Waals surface area (Å²) in [5.41, 5.74) is 1.09. The lowest BCUT2D eigenvalue weighted by Gasteiger charge is -2.33. The van der Waals surface area contributed by atoms with Gasteiger partial charge in [-0.15, -0.1) is 0 Å². The van der Waals surface area contributed by atoms with E-state index in [0.29, 0.717) is 5.92 Å². The maximum absolute atomic E-state index is 6.23. The van der Waals surface area contributed by atoms with Crippen LogP contribution in [0, 0.1) is 5.92 Å². The average Bonchev–Trinajstić information content (AvgIpc) is 2.97. The summed E-state index contributed by atoms with van der Waals surface area (Å²) in [6.07, 6.45) is 11.5. The molecule has 0 heterocycles. The van der Waals surface area contributed by atoms with E-state index in [1.165, 1.54) is 37.7 Å². The number of aliphatic imine (C=N–C) groups is 1. The van der Waals surface area contributed by atoms with E-state index in [1.807, 2.05) is 64.2 Å². The quantitative estimate of drug-likeness (QED) is 0.162. The van der Waals surface area contributed by atoms with Crippen LogP contribution in [-0.4, -0.2) is 50.3 Å². The Hall–Kier alpha value is -2.59. The van der Waals surface area contributed by atoms with Crippen LogP contribution in [0.2, 0.25) is 0 Å². The molecule has 1 aliphatic carbocycles. The van der Waals surface area contributed by atoms with Gasteiger partial charge in [-0.3, -0.25) is 0 Å². The van der Waals surface area contributed by atoms with E-state index in [9.17, 15) is 0 Å². The highest BCUT2D eigenvalue weighted by Gasteiger charge is 2.30. The molecule has 0 spiro atoms. The Kier molecular flexibility index (Phi) is 16.5. The van der Waals surface area contributed by atoms with Crippen LogP contribution in [0.3, 0.4) is 0 Å². The second kappa shape index (κ2) is 18.7. The molecule has 0 amide bonds. The molecule has 39 heavy (non-hydrogen) atoms. The maximum atomic E-state index is 6.23. The molecule has 0 aliphatic heterocycles. The zero-order valence-electron chi connectivity index (χ0n) is 26.5. The van der Waals surface area contributed by atoms with Gasteiger partial charge < -0.3 is 14.0 Å². The number of nitrogens with zero attached hydrogens (tertiary/aromatic N) is 2. The summed E-state index contributed by atoms with van der Waals surface area (Å²) in [6.45, 7) is 14.3. The van der Waals surface area contributed by atoms with Gasteiger partial charge in [-0.2, -0.15) is 0 Å². The van der Waals surface area contributed by atoms with Gasteiger partial charge in [0.1, 0.15) is 11.4 Å². The topological polar surface area (TPSA) is 30.8 Å². The molecule has 4 nitrogen and oxygen atoms in total. The van der Waals surface area contributed by atoms with Crippen molar-refractivity contribution in [2.24, 2.45) is 10.9 Å². The summed E-state index contributed by atoms with van der Waals surface area (Å²) in [4.78, 5) is 4.84. The van der Waals surface area contributed by atoms with Crippen molar-refractivity contribution in [2.75, 3.05) is 34.3 Å². The fourth-order valence-electron chi connectivity index (χ4n) is 4.98. The maximum Gasteiger partial charge on any atom is 0.195 e. The Morgan fingerprint density at radius 2 is 1.49 bits per heavy atom. The summed E-state index contributed by atoms with van der Waals surface area (Å²) in [7, 11) is 6.29. The number of likely N-dealkylation sites (N-methyl/N-ethyl adjacent to an activating group) is 1. The van der Waals surface area contributed by atoms with Crippen molar-refractivity contribution in [1.82, 2.24) is 0 Å². The SMILES string of the molecule is CC.CC.COC(=N/C=C/C[N+](C)(C)CCC(C)(C)Oc1ccccc1)C(c1ccccc1)C1CCCCC1. The normalized spacial score (nSPS) is 15.5. The lowest BCUT2D eigenvalue weighted by molar-refractivity contribution is -0.885. The summed E-state index contributed by atoms with van der Waals surface area (Å²) >= 11 is 0. The lowest BCUT2D eigenvalue weighted by Crippen LogP contribution is -2.44. The van der Waals surface area contributed by atoms with E-state index in [-0.39, 0.29) is 11.5 Å². The van der Waals surface area contributed by atoms with Gasteiger partial charge in [-0.1, -0.05) is 95.5 Å². The Morgan fingerprint density at radius 1 is 0.923 bits per heavy atom. The second-order valence-corrected chi connectivity index (χ2v) is 11.1. The molecule has 1 unspecified atom stereocenters. The predicted octanol–water partition coefficient (Wildman–Crippen LogP) is 9.29. The van der Waals surface area contributed by atoms with E-state index in [0.717, 1.165) is 35.6 Å². The van der Waals surface area contributed by atoms with Crippen molar-refractivity contribution >= 4 is 5.90 Å². The minimum absolute atomic E-state index is 0.217. The molecule has 0 saturated heterocycles. The smallest absolute Gasteiger partial charge is 0.195 e. The van der Waals surface area contributed by atoms with Crippen LogP contribution in [0.25, 0.3) is 0 Å². The monoisotopic (exact) mass is 537 g/mol. The zero-order chi connectivity index (χ0) is 29.2. The summed E-state index contributed by atoms with van der Waals surface area (Å²) < 4.78 is 13.0. The molecule has 0 aromatic heterocycles. The van der Waals surface area contributed by atoms with Gasteiger partial charge >= 0.3 is 0 Å². The number of para-hydroxylation sites is 1. The van der Waals surface area contributed by atoms with Gasteiger partial charge in [0.05, 0.1) is 40.2 Å². The second-order valence-electron chi connectivity index (χ2n) is 11.1. The first kappa shape index (κ1) is 34.4. The molecule has 0 N–H and O–H groups in total. The first-order valence-corrected chi connectivity index (χ1v) is 15.2. The molecule has 4 heteroatoms. The molecule has 0 radical (unpaired) electrons. The van der Waals surface area contributed by atoms with Crippen LogP contribution in [-0.2, 0) is 4.74 Å². The Bertz CT molecular complexity index is 930. The molecule has 1 saturated carbocycles. The Labute approximate surface area is 240 Å². The predicted molar refractivity (Wildman–Crippen MR) is 170 cm³/mol. The van der Waals surface area contributed by atoms with Crippen molar-refractivity contribution < 1.29 is 14.0 Å². The molecular formula is C35H57N2O2+. The first-order chi connectivity index (χ1) is 18.8. The first-order valence-electron chi connectivity index (χ1n) is 15.2. The molecule has 1 fully saturated rings. The van der Waals surface area contributed by atoms with E-state index in [1.54, 1.807) is 7.11 Å².